The molecule has 0 saturated carbocycles. The Morgan fingerprint density at radius 1 is 1.11 bits per heavy atom. The molecule has 18 heavy (non-hydrogen) atoms. The fourth-order valence-corrected chi connectivity index (χ4v) is 1.56. The maximum absolute atomic E-state index is 11.8. The Morgan fingerprint density at radius 2 is 1.83 bits per heavy atom. The lowest BCUT2D eigenvalue weighted by Crippen LogP contribution is -3.00. The highest BCUT2D eigenvalue weighted by Gasteiger charge is 2.01. The highest BCUT2D eigenvalue weighted by atomic mass is 35.5. The topological polar surface area (TPSA) is 20.9 Å². The predicted molar refractivity (Wildman–Crippen MR) is 67.5 cm³/mol. The minimum atomic E-state index is 0. The zero-order valence-electron chi connectivity index (χ0n) is 10.1. The molecule has 2 nitrogen and oxygen atoms in total. The Bertz CT molecular complexity index is 549. The van der Waals surface area contributed by atoms with Gasteiger partial charge in [-0.3, -0.25) is 4.79 Å². The van der Waals surface area contributed by atoms with Crippen molar-refractivity contribution >= 4 is 12.0 Å². The Labute approximate surface area is 113 Å². The van der Waals surface area contributed by atoms with Gasteiger partial charge in [0.1, 0.15) is 0 Å². The molecule has 0 saturated heterocycles. The van der Waals surface area contributed by atoms with E-state index in [1.54, 1.807) is 12.3 Å². The lowest BCUT2D eigenvalue weighted by molar-refractivity contribution is -0.568. The van der Waals surface area contributed by atoms with E-state index < -0.39 is 0 Å². The van der Waals surface area contributed by atoms with Gasteiger partial charge in [-0.05, 0) is 13.0 Å². The fourth-order valence-electron chi connectivity index (χ4n) is 1.56. The maximum atomic E-state index is 11.8. The molecule has 0 fully saturated rings. The third-order valence-corrected chi connectivity index (χ3v) is 2.43. The lowest BCUT2D eigenvalue weighted by atomic mass is 10.1. The number of halogens is 1. The van der Waals surface area contributed by atoms with Crippen LogP contribution >= 0.6 is 0 Å². The summed E-state index contributed by atoms with van der Waals surface area (Å²) in [5.41, 5.74) is 1.86. The van der Waals surface area contributed by atoms with Crippen molar-refractivity contribution in [2.24, 2.45) is 0 Å². The van der Waals surface area contributed by atoms with Gasteiger partial charge in [-0.15, -0.1) is 0 Å². The van der Waals surface area contributed by atoms with Crippen molar-refractivity contribution in [2.75, 3.05) is 0 Å². The molecule has 0 unspecified atom stereocenters. The normalized spacial score (nSPS) is 10.1. The van der Waals surface area contributed by atoms with Gasteiger partial charge in [-0.25, -0.2) is 0 Å². The number of hydrogen-bond donors (Lipinski definition) is 0. The van der Waals surface area contributed by atoms with Crippen molar-refractivity contribution in [2.45, 2.75) is 6.92 Å². The molecule has 0 aliphatic heterocycles. The van der Waals surface area contributed by atoms with Crippen molar-refractivity contribution in [1.29, 1.82) is 0 Å². The lowest BCUT2D eigenvalue weighted by Gasteiger charge is -1.93. The molecule has 0 radical (unpaired) electrons. The van der Waals surface area contributed by atoms with Gasteiger partial charge >= 0.3 is 0 Å². The molecule has 1 aromatic carbocycles. The number of allylic oxidation sites excluding steroid dienone is 1. The third kappa shape index (κ3) is 3.82. The van der Waals surface area contributed by atoms with Crippen molar-refractivity contribution in [3.8, 4) is 0 Å². The van der Waals surface area contributed by atoms with Crippen LogP contribution in [0.3, 0.4) is 0 Å². The average molecular weight is 260 g/mol. The molecule has 0 aliphatic rings. The first kappa shape index (κ1) is 14.1. The van der Waals surface area contributed by atoms with E-state index in [-0.39, 0.29) is 18.2 Å². The van der Waals surface area contributed by atoms with E-state index in [2.05, 4.69) is 0 Å². The van der Waals surface area contributed by atoms with E-state index in [1.807, 2.05) is 66.3 Å². The highest BCUT2D eigenvalue weighted by Crippen LogP contribution is 2.00. The molecule has 0 atom stereocenters. The van der Waals surface area contributed by atoms with Gasteiger partial charge in [0.25, 0.3) is 0 Å². The summed E-state index contributed by atoms with van der Waals surface area (Å²) in [5, 5.41) is 0. The predicted octanol–water partition coefficient (Wildman–Crippen LogP) is -0.360. The molecular formula is C15H14ClNO. The van der Waals surface area contributed by atoms with Crippen molar-refractivity contribution in [3.05, 3.63) is 72.1 Å². The van der Waals surface area contributed by atoms with Crippen LogP contribution < -0.4 is 17.0 Å². The summed E-state index contributed by atoms with van der Waals surface area (Å²) in [7, 11) is 0. The summed E-state index contributed by atoms with van der Waals surface area (Å²) in [6.07, 6.45) is 7.22. The number of carbonyl (C=O) groups excluding carboxylic acids is 1. The van der Waals surface area contributed by atoms with Crippen LogP contribution in [0.4, 0.5) is 0 Å². The van der Waals surface area contributed by atoms with Gasteiger partial charge in [0.2, 0.25) is 0 Å². The molecule has 3 heteroatoms. The van der Waals surface area contributed by atoms with E-state index in [1.165, 1.54) is 0 Å². The molecule has 92 valence electrons. The van der Waals surface area contributed by atoms with Crippen LogP contribution in [0.15, 0.2) is 60.9 Å². The summed E-state index contributed by atoms with van der Waals surface area (Å²) in [4.78, 5) is 11.8. The van der Waals surface area contributed by atoms with E-state index >= 15 is 0 Å². The average Bonchev–Trinajstić information content (AvgIpc) is 2.37. The number of ketones is 1. The summed E-state index contributed by atoms with van der Waals surface area (Å²) in [5.74, 6) is 0.0135. The van der Waals surface area contributed by atoms with E-state index in [4.69, 9.17) is 0 Å². The summed E-state index contributed by atoms with van der Waals surface area (Å²) < 4.78 is 1.87. The quantitative estimate of drug-likeness (QED) is 0.419. The molecule has 0 amide bonds. The molecular weight excluding hydrogens is 246 g/mol. The Kier molecular flexibility index (Phi) is 5.28. The minimum Gasteiger partial charge on any atom is -1.00 e. The van der Waals surface area contributed by atoms with Crippen LogP contribution in [-0.4, -0.2) is 5.78 Å². The van der Waals surface area contributed by atoms with Crippen LogP contribution in [-0.2, 0) is 0 Å². The monoisotopic (exact) mass is 259 g/mol. The van der Waals surface area contributed by atoms with Crippen molar-refractivity contribution < 1.29 is 21.8 Å². The summed E-state index contributed by atoms with van der Waals surface area (Å²) >= 11 is 0. The smallest absolute Gasteiger partial charge is 0.191 e. The summed E-state index contributed by atoms with van der Waals surface area (Å²) in [6.45, 7) is 2.02. The number of hydrogen-bond acceptors (Lipinski definition) is 1. The maximum Gasteiger partial charge on any atom is 0.191 e. The second-order valence-electron chi connectivity index (χ2n) is 3.87. The number of nitrogens with zero attached hydrogens (tertiary/aromatic N) is 1. The largest absolute Gasteiger partial charge is 1.00 e. The number of benzene rings is 1. The second-order valence-corrected chi connectivity index (χ2v) is 3.87. The minimum absolute atomic E-state index is 0. The Morgan fingerprint density at radius 3 is 2.50 bits per heavy atom. The fraction of sp³-hybridized carbons (Fsp3) is 0.0667. The first-order valence-corrected chi connectivity index (χ1v) is 5.51. The summed E-state index contributed by atoms with van der Waals surface area (Å²) in [6, 6.07) is 13.2. The van der Waals surface area contributed by atoms with Crippen LogP contribution in [0.2, 0.25) is 0 Å². The van der Waals surface area contributed by atoms with Gasteiger partial charge < -0.3 is 12.4 Å². The molecule has 1 aromatic heterocycles. The first-order valence-electron chi connectivity index (χ1n) is 5.51. The van der Waals surface area contributed by atoms with Crippen molar-refractivity contribution in [3.63, 3.8) is 0 Å². The zero-order valence-corrected chi connectivity index (χ0v) is 10.8. The van der Waals surface area contributed by atoms with Gasteiger partial charge in [-0.2, -0.15) is 4.57 Å². The number of carbonyl (C=O) groups is 1. The van der Waals surface area contributed by atoms with E-state index in [9.17, 15) is 4.79 Å². The van der Waals surface area contributed by atoms with Crippen LogP contribution in [0.25, 0.3) is 6.20 Å². The number of pyridine rings is 1. The number of aryl methyl sites for hydroxylation is 1. The zero-order chi connectivity index (χ0) is 12.1. The van der Waals surface area contributed by atoms with E-state index in [0.29, 0.717) is 5.56 Å². The molecule has 2 aromatic rings. The molecule has 1 heterocycles. The van der Waals surface area contributed by atoms with Crippen LogP contribution in [0, 0.1) is 6.92 Å². The van der Waals surface area contributed by atoms with Crippen LogP contribution in [0.1, 0.15) is 15.9 Å². The second kappa shape index (κ2) is 6.72. The first-order chi connectivity index (χ1) is 8.25. The molecule has 0 aliphatic carbocycles. The SMILES string of the molecule is Cc1ccc[n+](/C=C/C(=O)c2ccccc2)c1.[Cl-]. The Balaban J connectivity index is 0.00000162. The van der Waals surface area contributed by atoms with Crippen LogP contribution in [0.5, 0.6) is 0 Å². The standard InChI is InChI=1S/C15H14NO.ClH/c1-13-6-5-10-16(12-13)11-9-15(17)14-7-3-2-4-8-14;/h2-12H,1H3;1H/q+1;/p-1/b11-9+;. The van der Waals surface area contributed by atoms with Gasteiger partial charge in [0.05, 0.1) is 6.08 Å². The van der Waals surface area contributed by atoms with Gasteiger partial charge in [0, 0.05) is 17.2 Å². The number of rotatable bonds is 3. The molecule has 0 N–H and O–H groups in total. The molecule has 0 bridgehead atoms. The molecule has 2 rings (SSSR count). The van der Waals surface area contributed by atoms with Crippen molar-refractivity contribution in [1.82, 2.24) is 0 Å². The third-order valence-electron chi connectivity index (χ3n) is 2.43. The Hall–Kier alpha value is -1.93. The number of aromatic nitrogens is 1. The van der Waals surface area contributed by atoms with Gasteiger partial charge in [-0.1, -0.05) is 30.3 Å². The molecule has 0 spiro atoms. The highest BCUT2D eigenvalue weighted by molar-refractivity contribution is 6.05. The van der Waals surface area contributed by atoms with E-state index in [0.717, 1.165) is 5.56 Å². The van der Waals surface area contributed by atoms with Gasteiger partial charge in [0.15, 0.2) is 24.4 Å².